The van der Waals surface area contributed by atoms with Crippen molar-refractivity contribution in [1.82, 2.24) is 0 Å². The second kappa shape index (κ2) is 7.55. The summed E-state index contributed by atoms with van der Waals surface area (Å²) in [7, 11) is 2.91. The molecule has 5 nitrogen and oxygen atoms in total. The summed E-state index contributed by atoms with van der Waals surface area (Å²) in [6.45, 7) is 0.102. The fourth-order valence-electron chi connectivity index (χ4n) is 1.46. The van der Waals surface area contributed by atoms with E-state index in [2.05, 4.69) is 4.74 Å². The van der Waals surface area contributed by atoms with Crippen LogP contribution in [0.5, 0.6) is 11.5 Å². The van der Waals surface area contributed by atoms with Crippen molar-refractivity contribution in [2.45, 2.75) is 6.42 Å². The van der Waals surface area contributed by atoms with E-state index in [-0.39, 0.29) is 19.2 Å². The molecule has 0 fully saturated rings. The van der Waals surface area contributed by atoms with E-state index in [1.165, 1.54) is 7.11 Å². The molecule has 0 aliphatic heterocycles. The van der Waals surface area contributed by atoms with E-state index < -0.39 is 5.92 Å². The van der Waals surface area contributed by atoms with E-state index in [9.17, 15) is 4.79 Å². The van der Waals surface area contributed by atoms with Gasteiger partial charge in [0.15, 0.2) is 0 Å². The number of methoxy groups -OCH3 is 2. The quantitative estimate of drug-likeness (QED) is 0.742. The molecule has 0 bridgehead atoms. The van der Waals surface area contributed by atoms with Crippen molar-refractivity contribution in [3.8, 4) is 11.5 Å². The van der Waals surface area contributed by atoms with Gasteiger partial charge in [0.05, 0.1) is 20.1 Å². The third kappa shape index (κ3) is 4.25. The molecule has 1 unspecified atom stereocenters. The summed E-state index contributed by atoms with van der Waals surface area (Å²) < 4.78 is 15.1. The Morgan fingerprint density at radius 2 is 1.83 bits per heavy atom. The van der Waals surface area contributed by atoms with Crippen molar-refractivity contribution in [2.75, 3.05) is 27.4 Å². The van der Waals surface area contributed by atoms with Gasteiger partial charge in [0.25, 0.3) is 0 Å². The van der Waals surface area contributed by atoms with Crippen LogP contribution in [-0.4, -0.2) is 38.5 Å². The van der Waals surface area contributed by atoms with Gasteiger partial charge in [-0.15, -0.1) is 0 Å². The molecule has 0 saturated carbocycles. The number of ether oxygens (including phenoxy) is 3. The molecule has 1 aromatic rings. The molecular formula is C13H18O5. The van der Waals surface area contributed by atoms with Crippen LogP contribution < -0.4 is 9.47 Å². The first kappa shape index (κ1) is 14.3. The lowest BCUT2D eigenvalue weighted by Crippen LogP contribution is -2.24. The molecule has 1 aromatic carbocycles. The lowest BCUT2D eigenvalue weighted by atomic mass is 10.1. The minimum atomic E-state index is -0.456. The molecule has 0 saturated heterocycles. The smallest absolute Gasteiger partial charge is 0.312 e. The Kier molecular flexibility index (Phi) is 6.00. The summed E-state index contributed by atoms with van der Waals surface area (Å²) in [6, 6.07) is 7.06. The Bertz CT molecular complexity index is 360. The zero-order chi connectivity index (χ0) is 13.4. The number of carbonyl (C=O) groups excluding carboxylic acids is 1. The number of hydrogen-bond acceptors (Lipinski definition) is 5. The zero-order valence-corrected chi connectivity index (χ0v) is 10.6. The molecular weight excluding hydrogens is 236 g/mol. The molecule has 0 aromatic heterocycles. The van der Waals surface area contributed by atoms with Crippen molar-refractivity contribution in [3.63, 3.8) is 0 Å². The molecule has 0 spiro atoms. The van der Waals surface area contributed by atoms with Crippen LogP contribution >= 0.6 is 0 Å². The maximum absolute atomic E-state index is 11.4. The summed E-state index contributed by atoms with van der Waals surface area (Å²) in [5.41, 5.74) is 0. The normalized spacial score (nSPS) is 11.7. The first-order valence-corrected chi connectivity index (χ1v) is 5.66. The number of hydrogen-bond donors (Lipinski definition) is 1. The summed E-state index contributed by atoms with van der Waals surface area (Å²) in [5, 5.41) is 8.87. The minimum Gasteiger partial charge on any atom is -0.497 e. The average molecular weight is 254 g/mol. The zero-order valence-electron chi connectivity index (χ0n) is 10.6. The van der Waals surface area contributed by atoms with E-state index in [1.54, 1.807) is 31.4 Å². The SMILES string of the molecule is COC(=O)C(CCO)COc1ccc(OC)cc1. The van der Waals surface area contributed by atoms with Gasteiger partial charge >= 0.3 is 5.97 Å². The Labute approximate surface area is 106 Å². The van der Waals surface area contributed by atoms with E-state index >= 15 is 0 Å². The minimum absolute atomic E-state index is 0.0776. The Balaban J connectivity index is 2.52. The maximum atomic E-state index is 11.4. The van der Waals surface area contributed by atoms with Gasteiger partial charge in [-0.05, 0) is 30.7 Å². The summed E-state index contributed by atoms with van der Waals surface area (Å²) in [6.07, 6.45) is 0.322. The maximum Gasteiger partial charge on any atom is 0.312 e. The van der Waals surface area contributed by atoms with E-state index in [1.807, 2.05) is 0 Å². The van der Waals surface area contributed by atoms with Crippen molar-refractivity contribution in [3.05, 3.63) is 24.3 Å². The van der Waals surface area contributed by atoms with Crippen LogP contribution in [0.25, 0.3) is 0 Å². The van der Waals surface area contributed by atoms with Gasteiger partial charge in [-0.3, -0.25) is 4.79 Å². The topological polar surface area (TPSA) is 65.0 Å². The molecule has 0 amide bonds. The second-order valence-electron chi connectivity index (χ2n) is 3.72. The van der Waals surface area contributed by atoms with Crippen molar-refractivity contribution in [2.24, 2.45) is 5.92 Å². The number of rotatable bonds is 7. The lowest BCUT2D eigenvalue weighted by Gasteiger charge is -2.14. The third-order valence-corrected chi connectivity index (χ3v) is 2.52. The first-order valence-electron chi connectivity index (χ1n) is 5.66. The van der Waals surface area contributed by atoms with Gasteiger partial charge in [-0.2, -0.15) is 0 Å². The largest absolute Gasteiger partial charge is 0.497 e. The number of aliphatic hydroxyl groups is 1. The highest BCUT2D eigenvalue weighted by atomic mass is 16.5. The highest BCUT2D eigenvalue weighted by Crippen LogP contribution is 2.18. The van der Waals surface area contributed by atoms with Crippen LogP contribution in [0.2, 0.25) is 0 Å². The van der Waals surface area contributed by atoms with Crippen LogP contribution in [0.3, 0.4) is 0 Å². The van der Waals surface area contributed by atoms with Gasteiger partial charge in [-0.25, -0.2) is 0 Å². The van der Waals surface area contributed by atoms with Crippen molar-refractivity contribution >= 4 is 5.97 Å². The Morgan fingerprint density at radius 3 is 2.33 bits per heavy atom. The first-order chi connectivity index (χ1) is 8.71. The number of benzene rings is 1. The molecule has 1 atom stereocenters. The van der Waals surface area contributed by atoms with Crippen molar-refractivity contribution < 1.29 is 24.1 Å². The van der Waals surface area contributed by atoms with E-state index in [0.29, 0.717) is 12.2 Å². The predicted octanol–water partition coefficient (Wildman–Crippen LogP) is 1.25. The highest BCUT2D eigenvalue weighted by Gasteiger charge is 2.19. The van der Waals surface area contributed by atoms with Crippen LogP contribution in [0, 0.1) is 5.92 Å². The number of aliphatic hydroxyl groups excluding tert-OH is 1. The van der Waals surface area contributed by atoms with E-state index in [4.69, 9.17) is 14.6 Å². The fraction of sp³-hybridized carbons (Fsp3) is 0.462. The highest BCUT2D eigenvalue weighted by molar-refractivity contribution is 5.72. The molecule has 18 heavy (non-hydrogen) atoms. The van der Waals surface area contributed by atoms with Crippen LogP contribution in [0.1, 0.15) is 6.42 Å². The summed E-state index contributed by atoms with van der Waals surface area (Å²) in [5.74, 6) is 0.546. The van der Waals surface area contributed by atoms with Crippen LogP contribution in [-0.2, 0) is 9.53 Å². The standard InChI is InChI=1S/C13H18O5/c1-16-11-3-5-12(6-4-11)18-9-10(7-8-14)13(15)17-2/h3-6,10,14H,7-9H2,1-2H3. The molecule has 0 radical (unpaired) electrons. The third-order valence-electron chi connectivity index (χ3n) is 2.52. The average Bonchev–Trinajstić information content (AvgIpc) is 2.43. The van der Waals surface area contributed by atoms with Gasteiger partial charge in [0, 0.05) is 6.61 Å². The molecule has 0 heterocycles. The van der Waals surface area contributed by atoms with Gasteiger partial charge in [0.2, 0.25) is 0 Å². The lowest BCUT2D eigenvalue weighted by molar-refractivity contribution is -0.147. The van der Waals surface area contributed by atoms with Gasteiger partial charge in [-0.1, -0.05) is 0 Å². The number of carbonyl (C=O) groups is 1. The summed E-state index contributed by atoms with van der Waals surface area (Å²) >= 11 is 0. The Morgan fingerprint density at radius 1 is 1.22 bits per heavy atom. The molecule has 100 valence electrons. The van der Waals surface area contributed by atoms with Gasteiger partial charge < -0.3 is 19.3 Å². The van der Waals surface area contributed by atoms with Crippen LogP contribution in [0.15, 0.2) is 24.3 Å². The number of esters is 1. The monoisotopic (exact) mass is 254 g/mol. The molecule has 1 rings (SSSR count). The van der Waals surface area contributed by atoms with Crippen LogP contribution in [0.4, 0.5) is 0 Å². The molecule has 0 aliphatic carbocycles. The Hall–Kier alpha value is -1.75. The van der Waals surface area contributed by atoms with E-state index in [0.717, 1.165) is 5.75 Å². The van der Waals surface area contributed by atoms with Crippen molar-refractivity contribution in [1.29, 1.82) is 0 Å². The molecule has 0 aliphatic rings. The molecule has 5 heteroatoms. The fourth-order valence-corrected chi connectivity index (χ4v) is 1.46. The summed E-state index contributed by atoms with van der Waals surface area (Å²) in [4.78, 5) is 11.4. The van der Waals surface area contributed by atoms with Gasteiger partial charge in [0.1, 0.15) is 18.1 Å². The second-order valence-corrected chi connectivity index (χ2v) is 3.72. The molecule has 1 N–H and O–H groups in total. The predicted molar refractivity (Wildman–Crippen MR) is 65.7 cm³/mol.